The normalized spacial score (nSPS) is 24.8. The van der Waals surface area contributed by atoms with Gasteiger partial charge < -0.3 is 19.9 Å². The van der Waals surface area contributed by atoms with E-state index in [0.717, 1.165) is 49.2 Å². The maximum atomic E-state index is 11.2. The van der Waals surface area contributed by atoms with Gasteiger partial charge in [0.05, 0.1) is 19.3 Å². The largest absolute Gasteiger partial charge is 0.497 e. The van der Waals surface area contributed by atoms with Crippen molar-refractivity contribution in [1.29, 1.82) is 0 Å². The molecule has 1 amide bonds. The number of benzene rings is 2. The fraction of sp³-hybridized carbons (Fsp3) is 0.440. The number of aliphatic imine (C=N–C) groups is 1. The van der Waals surface area contributed by atoms with Crippen LogP contribution < -0.4 is 15.2 Å². The number of nitrogens with two attached hydrogens (primary N) is 1. The van der Waals surface area contributed by atoms with Crippen molar-refractivity contribution in [3.05, 3.63) is 53.6 Å². The van der Waals surface area contributed by atoms with Crippen molar-refractivity contribution in [2.75, 3.05) is 21.3 Å². The Morgan fingerprint density at radius 1 is 1.12 bits per heavy atom. The minimum Gasteiger partial charge on any atom is -0.497 e. The molecule has 2 N–H and O–H groups in total. The first-order chi connectivity index (χ1) is 15.5. The van der Waals surface area contributed by atoms with Gasteiger partial charge in [-0.05, 0) is 67.5 Å². The summed E-state index contributed by atoms with van der Waals surface area (Å²) in [5.74, 6) is 2.41. The summed E-state index contributed by atoms with van der Waals surface area (Å²) in [6.07, 6.45) is 5.89. The Labute approximate surface area is 189 Å². The van der Waals surface area contributed by atoms with E-state index in [4.69, 9.17) is 24.9 Å². The Hall–Kier alpha value is -3.06. The number of fused-ring (bicyclic) bond motifs is 1. The first-order valence-electron chi connectivity index (χ1n) is 11.0. The molecule has 7 nitrogen and oxygen atoms in total. The second-order valence-corrected chi connectivity index (χ2v) is 8.72. The lowest BCUT2D eigenvalue weighted by Crippen LogP contribution is -2.37. The zero-order valence-electron chi connectivity index (χ0n) is 18.9. The van der Waals surface area contributed by atoms with Crippen molar-refractivity contribution in [3.63, 3.8) is 0 Å². The highest BCUT2D eigenvalue weighted by molar-refractivity contribution is 5.87. The van der Waals surface area contributed by atoms with E-state index >= 15 is 0 Å². The highest BCUT2D eigenvalue weighted by Gasteiger charge is 2.48. The van der Waals surface area contributed by atoms with E-state index in [0.29, 0.717) is 12.2 Å². The van der Waals surface area contributed by atoms with E-state index in [-0.39, 0.29) is 23.5 Å². The molecule has 7 heteroatoms. The van der Waals surface area contributed by atoms with Crippen LogP contribution in [-0.4, -0.2) is 44.6 Å². The molecule has 2 aromatic carbocycles. The first-order valence-corrected chi connectivity index (χ1v) is 11.0. The van der Waals surface area contributed by atoms with E-state index in [9.17, 15) is 4.79 Å². The highest BCUT2D eigenvalue weighted by atomic mass is 16.5. The van der Waals surface area contributed by atoms with Gasteiger partial charge in [-0.15, -0.1) is 0 Å². The SMILES string of the molecule is COc1cccc(Oc2ccc3c(c2)C(/N=C(/N)N(C)C=O)C2(CCC(OC)CC2)C3)c1. The molecule has 170 valence electrons. The van der Waals surface area contributed by atoms with Crippen LogP contribution in [0.2, 0.25) is 0 Å². The summed E-state index contributed by atoms with van der Waals surface area (Å²) in [6, 6.07) is 13.6. The molecule has 0 heterocycles. The van der Waals surface area contributed by atoms with E-state index in [1.807, 2.05) is 30.3 Å². The van der Waals surface area contributed by atoms with E-state index in [1.165, 1.54) is 10.5 Å². The molecule has 0 aromatic heterocycles. The zero-order chi connectivity index (χ0) is 22.7. The minimum absolute atomic E-state index is 0.0275. The predicted octanol–water partition coefficient (Wildman–Crippen LogP) is 4.06. The van der Waals surface area contributed by atoms with Gasteiger partial charge in [-0.25, -0.2) is 4.99 Å². The molecule has 2 aliphatic rings. The molecule has 0 aliphatic heterocycles. The smallest absolute Gasteiger partial charge is 0.216 e. The van der Waals surface area contributed by atoms with Crippen molar-refractivity contribution in [2.45, 2.75) is 44.2 Å². The molecule has 2 aliphatic carbocycles. The molecule has 0 radical (unpaired) electrons. The van der Waals surface area contributed by atoms with Gasteiger partial charge in [0.1, 0.15) is 17.2 Å². The summed E-state index contributed by atoms with van der Waals surface area (Å²) < 4.78 is 17.0. The summed E-state index contributed by atoms with van der Waals surface area (Å²) in [5, 5.41) is 0. The fourth-order valence-corrected chi connectivity index (χ4v) is 4.99. The van der Waals surface area contributed by atoms with Gasteiger partial charge in [0.15, 0.2) is 5.96 Å². The lowest BCUT2D eigenvalue weighted by Gasteiger charge is -2.40. The van der Waals surface area contributed by atoms with E-state index in [2.05, 4.69) is 12.1 Å². The van der Waals surface area contributed by atoms with Crippen LogP contribution in [0.4, 0.5) is 0 Å². The van der Waals surface area contributed by atoms with Crippen LogP contribution in [0.15, 0.2) is 47.5 Å². The molecular weight excluding hydrogens is 406 g/mol. The van der Waals surface area contributed by atoms with Crippen LogP contribution in [0.5, 0.6) is 17.2 Å². The van der Waals surface area contributed by atoms with E-state index < -0.39 is 0 Å². The number of hydrogen-bond donors (Lipinski definition) is 1. The Balaban J connectivity index is 1.68. The van der Waals surface area contributed by atoms with Crippen LogP contribution in [0.25, 0.3) is 0 Å². The van der Waals surface area contributed by atoms with Crippen LogP contribution in [0, 0.1) is 5.41 Å². The minimum atomic E-state index is -0.133. The average molecular weight is 438 g/mol. The van der Waals surface area contributed by atoms with Crippen LogP contribution in [-0.2, 0) is 16.0 Å². The van der Waals surface area contributed by atoms with Gasteiger partial charge >= 0.3 is 0 Å². The van der Waals surface area contributed by atoms with E-state index in [1.54, 1.807) is 21.3 Å². The second-order valence-electron chi connectivity index (χ2n) is 8.72. The number of carbonyl (C=O) groups is 1. The van der Waals surface area contributed by atoms with Crippen molar-refractivity contribution >= 4 is 12.4 Å². The van der Waals surface area contributed by atoms with Crippen molar-refractivity contribution in [2.24, 2.45) is 16.1 Å². The Kier molecular flexibility index (Phi) is 6.37. The molecule has 4 rings (SSSR count). The summed E-state index contributed by atoms with van der Waals surface area (Å²) in [4.78, 5) is 17.4. The number of guanidine groups is 1. The fourth-order valence-electron chi connectivity index (χ4n) is 4.99. The lowest BCUT2D eigenvalue weighted by atomic mass is 9.68. The second kappa shape index (κ2) is 9.20. The van der Waals surface area contributed by atoms with Crippen molar-refractivity contribution in [1.82, 2.24) is 4.90 Å². The van der Waals surface area contributed by atoms with Gasteiger partial charge in [0.25, 0.3) is 0 Å². The molecular formula is C25H31N3O4. The molecule has 1 spiro atoms. The summed E-state index contributed by atoms with van der Waals surface area (Å²) >= 11 is 0. The molecule has 1 unspecified atom stereocenters. The molecule has 32 heavy (non-hydrogen) atoms. The quantitative estimate of drug-likeness (QED) is 0.418. The van der Waals surface area contributed by atoms with Crippen molar-refractivity contribution < 1.29 is 19.0 Å². The van der Waals surface area contributed by atoms with Gasteiger partial charge in [-0.1, -0.05) is 12.1 Å². The zero-order valence-corrected chi connectivity index (χ0v) is 18.9. The Bertz CT molecular complexity index is 998. The highest BCUT2D eigenvalue weighted by Crippen LogP contribution is 2.56. The third-order valence-electron chi connectivity index (χ3n) is 6.85. The molecule has 0 saturated heterocycles. The lowest BCUT2D eigenvalue weighted by molar-refractivity contribution is -0.114. The molecule has 1 fully saturated rings. The summed E-state index contributed by atoms with van der Waals surface area (Å²) in [6.45, 7) is 0. The molecule has 1 atom stereocenters. The number of carbonyl (C=O) groups excluding carboxylic acids is 1. The van der Waals surface area contributed by atoms with Gasteiger partial charge in [0, 0.05) is 25.6 Å². The molecule has 2 aromatic rings. The third kappa shape index (κ3) is 4.30. The maximum Gasteiger partial charge on any atom is 0.216 e. The number of rotatable bonds is 6. The number of amides is 1. The molecule has 1 saturated carbocycles. The maximum absolute atomic E-state index is 11.2. The van der Waals surface area contributed by atoms with Gasteiger partial charge in [0.2, 0.25) is 6.41 Å². The van der Waals surface area contributed by atoms with Crippen LogP contribution >= 0.6 is 0 Å². The first kappa shape index (κ1) is 22.1. The topological polar surface area (TPSA) is 86.4 Å². The summed E-state index contributed by atoms with van der Waals surface area (Å²) in [5.41, 5.74) is 8.52. The standard InChI is InChI=1S/C25H31N3O4/c1-28(16-29)24(26)27-23-22-14-21(32-20-6-4-5-19(13-20)31-3)8-7-17(22)15-25(23)11-9-18(30-2)10-12-25/h4-8,13-14,16,18,23H,9-12,15H2,1-3H3,(H2,26,27). The number of nitrogens with zero attached hydrogens (tertiary/aromatic N) is 2. The third-order valence-corrected chi connectivity index (χ3v) is 6.85. The van der Waals surface area contributed by atoms with Crippen LogP contribution in [0.3, 0.4) is 0 Å². The summed E-state index contributed by atoms with van der Waals surface area (Å²) in [7, 11) is 5.04. The van der Waals surface area contributed by atoms with Crippen LogP contribution in [0.1, 0.15) is 42.9 Å². The van der Waals surface area contributed by atoms with Gasteiger partial charge in [-0.3, -0.25) is 9.69 Å². The molecule has 0 bridgehead atoms. The van der Waals surface area contributed by atoms with Gasteiger partial charge in [-0.2, -0.15) is 0 Å². The Morgan fingerprint density at radius 2 is 1.84 bits per heavy atom. The average Bonchev–Trinajstić information content (AvgIpc) is 3.11. The number of ether oxygens (including phenoxy) is 3. The number of methoxy groups -OCH3 is 2. The monoisotopic (exact) mass is 437 g/mol. The van der Waals surface area contributed by atoms with Crippen molar-refractivity contribution in [3.8, 4) is 17.2 Å². The predicted molar refractivity (Wildman–Crippen MR) is 123 cm³/mol. The number of hydrogen-bond acceptors (Lipinski definition) is 5. The Morgan fingerprint density at radius 3 is 2.53 bits per heavy atom.